The fourth-order valence-corrected chi connectivity index (χ4v) is 3.46. The highest BCUT2D eigenvalue weighted by Crippen LogP contribution is 2.25. The predicted octanol–water partition coefficient (Wildman–Crippen LogP) is 4.42. The van der Waals surface area contributed by atoms with Gasteiger partial charge < -0.3 is 15.0 Å². The van der Waals surface area contributed by atoms with Crippen LogP contribution >= 0.6 is 0 Å². The van der Waals surface area contributed by atoms with E-state index in [1.54, 1.807) is 0 Å². The number of aryl methyl sites for hydroxylation is 1. The minimum Gasteiger partial charge on any atom is -0.359 e. The molecule has 0 unspecified atom stereocenters. The van der Waals surface area contributed by atoms with Crippen molar-refractivity contribution in [3.8, 4) is 0 Å². The van der Waals surface area contributed by atoms with Gasteiger partial charge in [0.05, 0.1) is 11.0 Å². The Balaban J connectivity index is 1.26. The largest absolute Gasteiger partial charge is 0.359 e. The topological polar surface area (TPSA) is 67.0 Å². The van der Waals surface area contributed by atoms with E-state index in [0.717, 1.165) is 40.8 Å². The van der Waals surface area contributed by atoms with Crippen molar-refractivity contribution in [1.29, 1.82) is 0 Å². The number of nitrogens with zero attached hydrogens (tertiary/aromatic N) is 1. The van der Waals surface area contributed by atoms with Crippen molar-refractivity contribution in [3.05, 3.63) is 102 Å². The first-order valence-electron chi connectivity index (χ1n) is 10.2. The van der Waals surface area contributed by atoms with Crippen LogP contribution in [0.5, 0.6) is 0 Å². The fourth-order valence-electron chi connectivity index (χ4n) is 3.46. The summed E-state index contributed by atoms with van der Waals surface area (Å²) < 4.78 is 6.00. The molecular weight excluding hydrogens is 374 g/mol. The second kappa shape index (κ2) is 9.85. The summed E-state index contributed by atoms with van der Waals surface area (Å²) in [6, 6.07) is 27.9. The standard InChI is InChI=1S/C25H25N3O2/c29-24(26-17-9-16-23-27-21-14-7-8-15-22(21)28-23)18-30-25(19-10-3-1-4-11-19)20-12-5-2-6-13-20/h1-8,10-15,25H,9,16-18H2,(H,26,29)(H,27,28). The summed E-state index contributed by atoms with van der Waals surface area (Å²) in [5, 5.41) is 2.94. The lowest BCUT2D eigenvalue weighted by molar-refractivity contribution is -0.127. The molecule has 0 radical (unpaired) electrons. The highest BCUT2D eigenvalue weighted by atomic mass is 16.5. The van der Waals surface area contributed by atoms with Crippen molar-refractivity contribution in [2.75, 3.05) is 13.2 Å². The normalized spacial score (nSPS) is 11.1. The molecule has 4 aromatic rings. The van der Waals surface area contributed by atoms with Gasteiger partial charge in [0.2, 0.25) is 5.91 Å². The number of hydrogen-bond acceptors (Lipinski definition) is 3. The Morgan fingerprint density at radius 2 is 1.53 bits per heavy atom. The maximum absolute atomic E-state index is 12.3. The molecule has 0 spiro atoms. The number of fused-ring (bicyclic) bond motifs is 1. The van der Waals surface area contributed by atoms with Gasteiger partial charge in [-0.05, 0) is 29.7 Å². The van der Waals surface area contributed by atoms with E-state index in [2.05, 4.69) is 15.3 Å². The van der Waals surface area contributed by atoms with Crippen LogP contribution in [0.4, 0.5) is 0 Å². The van der Waals surface area contributed by atoms with E-state index in [4.69, 9.17) is 4.74 Å². The number of ether oxygens (including phenoxy) is 1. The lowest BCUT2D eigenvalue weighted by Gasteiger charge is -2.18. The molecule has 0 fully saturated rings. The van der Waals surface area contributed by atoms with Crippen molar-refractivity contribution < 1.29 is 9.53 Å². The number of H-pyrrole nitrogens is 1. The summed E-state index contributed by atoms with van der Waals surface area (Å²) in [4.78, 5) is 20.2. The summed E-state index contributed by atoms with van der Waals surface area (Å²) in [6.07, 6.45) is 1.33. The van der Waals surface area contributed by atoms with Gasteiger partial charge in [0, 0.05) is 13.0 Å². The first-order chi connectivity index (χ1) is 14.8. The monoisotopic (exact) mass is 399 g/mol. The third-order valence-corrected chi connectivity index (χ3v) is 4.94. The van der Waals surface area contributed by atoms with Gasteiger partial charge in [-0.25, -0.2) is 4.98 Å². The van der Waals surface area contributed by atoms with Gasteiger partial charge in [-0.2, -0.15) is 0 Å². The van der Waals surface area contributed by atoms with Crippen LogP contribution in [0.2, 0.25) is 0 Å². The Morgan fingerprint density at radius 3 is 2.20 bits per heavy atom. The first-order valence-corrected chi connectivity index (χ1v) is 10.2. The number of rotatable bonds is 9. The van der Waals surface area contributed by atoms with E-state index in [1.165, 1.54) is 0 Å². The molecule has 3 aromatic carbocycles. The summed E-state index contributed by atoms with van der Waals surface area (Å²) in [7, 11) is 0. The van der Waals surface area contributed by atoms with Gasteiger partial charge in [0.15, 0.2) is 0 Å². The van der Waals surface area contributed by atoms with Crippen LogP contribution in [-0.2, 0) is 16.0 Å². The van der Waals surface area contributed by atoms with Crippen molar-refractivity contribution in [1.82, 2.24) is 15.3 Å². The first kappa shape index (κ1) is 19.9. The van der Waals surface area contributed by atoms with Crippen LogP contribution in [0.1, 0.15) is 29.5 Å². The maximum Gasteiger partial charge on any atom is 0.246 e. The SMILES string of the molecule is O=C(COC(c1ccccc1)c1ccccc1)NCCCc1nc2ccccc2[nH]1. The number of carbonyl (C=O) groups excluding carboxylic acids is 1. The van der Waals surface area contributed by atoms with Crippen molar-refractivity contribution in [2.24, 2.45) is 0 Å². The van der Waals surface area contributed by atoms with Gasteiger partial charge in [0.1, 0.15) is 18.5 Å². The van der Waals surface area contributed by atoms with Crippen LogP contribution in [-0.4, -0.2) is 29.0 Å². The second-order valence-electron chi connectivity index (χ2n) is 7.17. The molecule has 1 amide bonds. The third-order valence-electron chi connectivity index (χ3n) is 4.94. The summed E-state index contributed by atoms with van der Waals surface area (Å²) >= 11 is 0. The summed E-state index contributed by atoms with van der Waals surface area (Å²) in [5.41, 5.74) is 4.07. The minimum absolute atomic E-state index is 0.0130. The molecule has 0 aliphatic carbocycles. The predicted molar refractivity (Wildman–Crippen MR) is 118 cm³/mol. The quantitative estimate of drug-likeness (QED) is 0.410. The van der Waals surface area contributed by atoms with E-state index in [9.17, 15) is 4.79 Å². The van der Waals surface area contributed by atoms with Gasteiger partial charge in [-0.1, -0.05) is 72.8 Å². The van der Waals surface area contributed by atoms with Crippen molar-refractivity contribution >= 4 is 16.9 Å². The number of benzene rings is 3. The number of aromatic amines is 1. The Morgan fingerprint density at radius 1 is 0.900 bits per heavy atom. The number of nitrogens with one attached hydrogen (secondary N) is 2. The molecule has 0 aliphatic rings. The Bertz CT molecular complexity index is 1000. The summed E-state index contributed by atoms with van der Waals surface area (Å²) in [5.74, 6) is 0.825. The lowest BCUT2D eigenvalue weighted by Crippen LogP contribution is -2.29. The Labute approximate surface area is 176 Å². The molecule has 0 atom stereocenters. The average molecular weight is 399 g/mol. The molecule has 4 rings (SSSR count). The Kier molecular flexibility index (Phi) is 6.52. The van der Waals surface area contributed by atoms with Gasteiger partial charge in [0.25, 0.3) is 0 Å². The van der Waals surface area contributed by atoms with Crippen LogP contribution in [0.25, 0.3) is 11.0 Å². The van der Waals surface area contributed by atoms with Crippen LogP contribution in [0.15, 0.2) is 84.9 Å². The lowest BCUT2D eigenvalue weighted by atomic mass is 10.0. The van der Waals surface area contributed by atoms with E-state index < -0.39 is 0 Å². The third kappa shape index (κ3) is 5.13. The molecule has 0 bridgehead atoms. The molecule has 5 heteroatoms. The molecule has 0 saturated carbocycles. The minimum atomic E-state index is -0.270. The second-order valence-corrected chi connectivity index (χ2v) is 7.17. The molecule has 0 aliphatic heterocycles. The average Bonchev–Trinajstić information content (AvgIpc) is 3.21. The fraction of sp³-hybridized carbons (Fsp3) is 0.200. The zero-order valence-electron chi connectivity index (χ0n) is 16.8. The van der Waals surface area contributed by atoms with E-state index in [1.807, 2.05) is 84.9 Å². The maximum atomic E-state index is 12.3. The van der Waals surface area contributed by atoms with E-state index in [0.29, 0.717) is 6.54 Å². The number of para-hydroxylation sites is 2. The molecule has 30 heavy (non-hydrogen) atoms. The number of carbonyl (C=O) groups is 1. The number of amides is 1. The highest BCUT2D eigenvalue weighted by molar-refractivity contribution is 5.77. The molecule has 2 N–H and O–H groups in total. The van der Waals surface area contributed by atoms with Crippen LogP contribution < -0.4 is 5.32 Å². The van der Waals surface area contributed by atoms with Gasteiger partial charge in [-0.3, -0.25) is 4.79 Å². The molecular formula is C25H25N3O2. The molecule has 5 nitrogen and oxygen atoms in total. The Hall–Kier alpha value is -3.44. The smallest absolute Gasteiger partial charge is 0.246 e. The van der Waals surface area contributed by atoms with Gasteiger partial charge in [-0.15, -0.1) is 0 Å². The zero-order chi connectivity index (χ0) is 20.6. The molecule has 1 aromatic heterocycles. The van der Waals surface area contributed by atoms with Crippen LogP contribution in [0.3, 0.4) is 0 Å². The van der Waals surface area contributed by atoms with E-state index in [-0.39, 0.29) is 18.6 Å². The number of aromatic nitrogens is 2. The molecule has 1 heterocycles. The molecule has 0 saturated heterocycles. The summed E-state index contributed by atoms with van der Waals surface area (Å²) in [6.45, 7) is 0.597. The van der Waals surface area contributed by atoms with Crippen molar-refractivity contribution in [2.45, 2.75) is 18.9 Å². The highest BCUT2D eigenvalue weighted by Gasteiger charge is 2.16. The van der Waals surface area contributed by atoms with Gasteiger partial charge >= 0.3 is 0 Å². The van der Waals surface area contributed by atoms with E-state index >= 15 is 0 Å². The number of imidazole rings is 1. The van der Waals surface area contributed by atoms with Crippen LogP contribution in [0, 0.1) is 0 Å². The number of hydrogen-bond donors (Lipinski definition) is 2. The molecule has 152 valence electrons. The van der Waals surface area contributed by atoms with Crippen molar-refractivity contribution in [3.63, 3.8) is 0 Å². The zero-order valence-corrected chi connectivity index (χ0v) is 16.8.